The summed E-state index contributed by atoms with van der Waals surface area (Å²) in [5.74, 6) is -0.328. The van der Waals surface area contributed by atoms with Gasteiger partial charge in [-0.05, 0) is 26.3 Å². The fourth-order valence-electron chi connectivity index (χ4n) is 0.844. The number of amides is 1. The van der Waals surface area contributed by atoms with Gasteiger partial charge in [-0.1, -0.05) is 0 Å². The zero-order valence-electron chi connectivity index (χ0n) is 7.91. The average molecular weight is 185 g/mol. The van der Waals surface area contributed by atoms with E-state index in [1.807, 2.05) is 0 Å². The van der Waals surface area contributed by atoms with Crippen molar-refractivity contribution in [3.8, 4) is 0 Å². The van der Waals surface area contributed by atoms with Crippen molar-refractivity contribution in [2.75, 3.05) is 6.61 Å². The van der Waals surface area contributed by atoms with Gasteiger partial charge in [-0.25, -0.2) is 0 Å². The molecule has 0 saturated heterocycles. The van der Waals surface area contributed by atoms with E-state index in [0.29, 0.717) is 12.7 Å². The van der Waals surface area contributed by atoms with Crippen LogP contribution in [0.25, 0.3) is 0 Å². The highest BCUT2D eigenvalue weighted by molar-refractivity contribution is 5.91. The van der Waals surface area contributed by atoms with E-state index in [0.717, 1.165) is 12.2 Å². The SMILES string of the molecule is CC(C)(CCO)NC(=O)/C=C\C=O. The molecule has 0 fully saturated rings. The molecule has 0 atom stereocenters. The first-order valence-electron chi connectivity index (χ1n) is 4.06. The van der Waals surface area contributed by atoms with Crippen LogP contribution in [0.1, 0.15) is 20.3 Å². The number of aldehydes is 1. The Morgan fingerprint density at radius 1 is 1.54 bits per heavy atom. The van der Waals surface area contributed by atoms with Crippen molar-refractivity contribution < 1.29 is 14.7 Å². The molecule has 0 saturated carbocycles. The van der Waals surface area contributed by atoms with E-state index in [9.17, 15) is 9.59 Å². The lowest BCUT2D eigenvalue weighted by molar-refractivity contribution is -0.118. The topological polar surface area (TPSA) is 66.4 Å². The molecule has 0 aliphatic heterocycles. The Balaban J connectivity index is 4.03. The number of carbonyl (C=O) groups is 2. The van der Waals surface area contributed by atoms with Gasteiger partial charge in [0.05, 0.1) is 0 Å². The van der Waals surface area contributed by atoms with Crippen molar-refractivity contribution in [2.45, 2.75) is 25.8 Å². The fraction of sp³-hybridized carbons (Fsp3) is 0.556. The normalized spacial score (nSPS) is 11.6. The van der Waals surface area contributed by atoms with Crippen LogP contribution in [0.15, 0.2) is 12.2 Å². The van der Waals surface area contributed by atoms with Crippen LogP contribution in [0.4, 0.5) is 0 Å². The van der Waals surface area contributed by atoms with Crippen LogP contribution >= 0.6 is 0 Å². The first-order chi connectivity index (χ1) is 6.02. The van der Waals surface area contributed by atoms with Crippen molar-refractivity contribution in [3.63, 3.8) is 0 Å². The Hall–Kier alpha value is -1.16. The molecule has 0 heterocycles. The third kappa shape index (κ3) is 6.04. The molecule has 4 heteroatoms. The van der Waals surface area contributed by atoms with Crippen LogP contribution in [0.2, 0.25) is 0 Å². The Morgan fingerprint density at radius 2 is 2.15 bits per heavy atom. The van der Waals surface area contributed by atoms with Gasteiger partial charge in [0, 0.05) is 18.2 Å². The summed E-state index contributed by atoms with van der Waals surface area (Å²) >= 11 is 0. The number of aliphatic hydroxyl groups excluding tert-OH is 1. The molecule has 2 N–H and O–H groups in total. The van der Waals surface area contributed by atoms with Crippen LogP contribution in [-0.2, 0) is 9.59 Å². The molecule has 0 bridgehead atoms. The molecule has 4 nitrogen and oxygen atoms in total. The molecule has 0 aromatic heterocycles. The lowest BCUT2D eigenvalue weighted by Gasteiger charge is -2.24. The van der Waals surface area contributed by atoms with E-state index in [2.05, 4.69) is 5.32 Å². The van der Waals surface area contributed by atoms with E-state index in [-0.39, 0.29) is 12.5 Å². The summed E-state index contributed by atoms with van der Waals surface area (Å²) < 4.78 is 0. The van der Waals surface area contributed by atoms with Gasteiger partial charge in [0.2, 0.25) is 5.91 Å². The van der Waals surface area contributed by atoms with Crippen LogP contribution in [0.3, 0.4) is 0 Å². The van der Waals surface area contributed by atoms with Crippen molar-refractivity contribution in [1.29, 1.82) is 0 Å². The molecule has 0 aliphatic carbocycles. The van der Waals surface area contributed by atoms with Gasteiger partial charge >= 0.3 is 0 Å². The summed E-state index contributed by atoms with van der Waals surface area (Å²) in [6.45, 7) is 3.62. The number of aliphatic hydroxyl groups is 1. The molecule has 0 aliphatic rings. The van der Waals surface area contributed by atoms with Gasteiger partial charge in [-0.15, -0.1) is 0 Å². The van der Waals surface area contributed by atoms with Crippen molar-refractivity contribution in [3.05, 3.63) is 12.2 Å². The number of nitrogens with one attached hydrogen (secondary N) is 1. The van der Waals surface area contributed by atoms with Gasteiger partial charge in [0.15, 0.2) is 0 Å². The molecule has 0 spiro atoms. The summed E-state index contributed by atoms with van der Waals surface area (Å²) in [6.07, 6.45) is 3.31. The minimum atomic E-state index is -0.445. The average Bonchev–Trinajstić information content (AvgIpc) is 1.99. The highest BCUT2D eigenvalue weighted by Gasteiger charge is 2.17. The molecule has 1 amide bonds. The number of hydrogen-bond acceptors (Lipinski definition) is 3. The summed E-state index contributed by atoms with van der Waals surface area (Å²) in [5.41, 5.74) is -0.445. The Labute approximate surface area is 77.6 Å². The Bertz CT molecular complexity index is 209. The van der Waals surface area contributed by atoms with Crippen LogP contribution in [0, 0.1) is 0 Å². The van der Waals surface area contributed by atoms with Crippen LogP contribution < -0.4 is 5.32 Å². The number of allylic oxidation sites excluding steroid dienone is 1. The summed E-state index contributed by atoms with van der Waals surface area (Å²) in [4.78, 5) is 20.9. The van der Waals surface area contributed by atoms with E-state index in [4.69, 9.17) is 5.11 Å². The van der Waals surface area contributed by atoms with Crippen molar-refractivity contribution >= 4 is 12.2 Å². The predicted octanol–water partition coefficient (Wildman–Crippen LogP) is 0.0187. The monoisotopic (exact) mass is 185 g/mol. The maximum atomic E-state index is 11.1. The molecule has 0 unspecified atom stereocenters. The second-order valence-electron chi connectivity index (χ2n) is 3.34. The zero-order chi connectivity index (χ0) is 10.3. The number of carbonyl (C=O) groups excluding carboxylic acids is 2. The predicted molar refractivity (Wildman–Crippen MR) is 49.1 cm³/mol. The third-order valence-corrected chi connectivity index (χ3v) is 1.52. The summed E-state index contributed by atoms with van der Waals surface area (Å²) in [5, 5.41) is 11.3. The summed E-state index contributed by atoms with van der Waals surface area (Å²) in [6, 6.07) is 0. The van der Waals surface area contributed by atoms with Crippen molar-refractivity contribution in [2.24, 2.45) is 0 Å². The molecule has 0 aromatic carbocycles. The quantitative estimate of drug-likeness (QED) is 0.468. The fourth-order valence-corrected chi connectivity index (χ4v) is 0.844. The maximum absolute atomic E-state index is 11.1. The van der Waals surface area contributed by atoms with Crippen LogP contribution in [0.5, 0.6) is 0 Å². The largest absolute Gasteiger partial charge is 0.396 e. The Morgan fingerprint density at radius 3 is 2.62 bits per heavy atom. The number of hydrogen-bond donors (Lipinski definition) is 2. The van der Waals surface area contributed by atoms with E-state index in [1.165, 1.54) is 0 Å². The molecule has 0 rings (SSSR count). The van der Waals surface area contributed by atoms with Gasteiger partial charge in [-0.2, -0.15) is 0 Å². The third-order valence-electron chi connectivity index (χ3n) is 1.52. The highest BCUT2D eigenvalue weighted by atomic mass is 16.3. The van der Waals surface area contributed by atoms with E-state index in [1.54, 1.807) is 13.8 Å². The standard InChI is InChI=1S/C9H15NO3/c1-9(2,5-7-12)10-8(13)4-3-6-11/h3-4,6,12H,5,7H2,1-2H3,(H,10,13)/b4-3-. The molecule has 74 valence electrons. The van der Waals surface area contributed by atoms with E-state index >= 15 is 0 Å². The first kappa shape index (κ1) is 11.8. The summed E-state index contributed by atoms with van der Waals surface area (Å²) in [7, 11) is 0. The van der Waals surface area contributed by atoms with Gasteiger partial charge in [0.25, 0.3) is 0 Å². The first-order valence-corrected chi connectivity index (χ1v) is 4.06. The second kappa shape index (κ2) is 5.48. The molecule has 13 heavy (non-hydrogen) atoms. The minimum Gasteiger partial charge on any atom is -0.396 e. The zero-order valence-corrected chi connectivity index (χ0v) is 7.91. The van der Waals surface area contributed by atoms with Gasteiger partial charge in [0.1, 0.15) is 6.29 Å². The minimum absolute atomic E-state index is 0.0185. The highest BCUT2D eigenvalue weighted by Crippen LogP contribution is 2.06. The second-order valence-corrected chi connectivity index (χ2v) is 3.34. The lowest BCUT2D eigenvalue weighted by Crippen LogP contribution is -2.43. The Kier molecular flexibility index (Phi) is 4.99. The smallest absolute Gasteiger partial charge is 0.244 e. The number of rotatable bonds is 5. The maximum Gasteiger partial charge on any atom is 0.244 e. The van der Waals surface area contributed by atoms with Gasteiger partial charge in [-0.3, -0.25) is 9.59 Å². The van der Waals surface area contributed by atoms with Crippen LogP contribution in [-0.4, -0.2) is 29.4 Å². The molecule has 0 aromatic rings. The van der Waals surface area contributed by atoms with Gasteiger partial charge < -0.3 is 10.4 Å². The van der Waals surface area contributed by atoms with Crippen molar-refractivity contribution in [1.82, 2.24) is 5.32 Å². The molecular formula is C9H15NO3. The molecular weight excluding hydrogens is 170 g/mol. The molecule has 0 radical (unpaired) electrons. The lowest BCUT2D eigenvalue weighted by atomic mass is 10.0. The van der Waals surface area contributed by atoms with E-state index < -0.39 is 5.54 Å².